The number of carbonyl (C=O) groups is 1. The molecule has 1 aromatic heterocycles. The second-order valence-electron chi connectivity index (χ2n) is 5.72. The van der Waals surface area contributed by atoms with Crippen LogP contribution in [0.1, 0.15) is 15.2 Å². The number of amides is 1. The van der Waals surface area contributed by atoms with E-state index in [1.165, 1.54) is 0 Å². The number of ether oxygens (including phenoxy) is 2. The van der Waals surface area contributed by atoms with Gasteiger partial charge in [0.05, 0.1) is 12.1 Å². The molecule has 0 aliphatic heterocycles. The van der Waals surface area contributed by atoms with Crippen LogP contribution in [-0.4, -0.2) is 24.2 Å². The predicted octanol–water partition coefficient (Wildman–Crippen LogP) is 4.01. The first-order valence-corrected chi connectivity index (χ1v) is 10.0. The highest BCUT2D eigenvalue weighted by Gasteiger charge is 2.13. The Morgan fingerprint density at radius 1 is 0.929 bits per heavy atom. The average molecular weight is 413 g/mol. The van der Waals surface area contributed by atoms with E-state index in [1.54, 1.807) is 29.5 Å². The van der Waals surface area contributed by atoms with Crippen LogP contribution in [0.15, 0.2) is 72.1 Å². The molecule has 0 radical (unpaired) electrons. The van der Waals surface area contributed by atoms with Crippen LogP contribution < -0.4 is 20.1 Å². The third-order valence-corrected chi connectivity index (χ3v) is 4.84. The molecule has 0 aliphatic rings. The third kappa shape index (κ3) is 6.07. The van der Waals surface area contributed by atoms with E-state index in [2.05, 4.69) is 10.6 Å². The summed E-state index contributed by atoms with van der Waals surface area (Å²) in [6, 6.07) is 20.5. The summed E-state index contributed by atoms with van der Waals surface area (Å²) >= 11 is 6.83. The lowest BCUT2D eigenvalue weighted by Crippen LogP contribution is -2.38. The Morgan fingerprint density at radius 2 is 1.68 bits per heavy atom. The van der Waals surface area contributed by atoms with Crippen LogP contribution in [0.5, 0.6) is 11.5 Å². The van der Waals surface area contributed by atoms with Gasteiger partial charge in [0, 0.05) is 4.88 Å². The van der Waals surface area contributed by atoms with Gasteiger partial charge in [0.15, 0.2) is 5.11 Å². The molecule has 0 saturated heterocycles. The second-order valence-corrected chi connectivity index (χ2v) is 7.16. The van der Waals surface area contributed by atoms with Crippen molar-refractivity contribution >= 4 is 34.6 Å². The molecule has 0 spiro atoms. The third-order valence-electron chi connectivity index (χ3n) is 3.71. The van der Waals surface area contributed by atoms with E-state index in [0.29, 0.717) is 31.1 Å². The van der Waals surface area contributed by atoms with Crippen LogP contribution in [0.25, 0.3) is 0 Å². The number of hydrogen-bond donors (Lipinski definition) is 2. The van der Waals surface area contributed by atoms with E-state index < -0.39 is 0 Å². The lowest BCUT2D eigenvalue weighted by molar-refractivity contribution is 0.0971. The molecule has 0 atom stereocenters. The van der Waals surface area contributed by atoms with E-state index >= 15 is 0 Å². The summed E-state index contributed by atoms with van der Waals surface area (Å²) in [5.41, 5.74) is 0.419. The molecule has 0 unspecified atom stereocenters. The monoisotopic (exact) mass is 412 g/mol. The zero-order valence-electron chi connectivity index (χ0n) is 15.1. The van der Waals surface area contributed by atoms with E-state index in [-0.39, 0.29) is 11.0 Å². The first-order valence-electron chi connectivity index (χ1n) is 8.73. The van der Waals surface area contributed by atoms with Gasteiger partial charge < -0.3 is 14.8 Å². The topological polar surface area (TPSA) is 59.6 Å². The summed E-state index contributed by atoms with van der Waals surface area (Å²) in [7, 11) is 0. The fourth-order valence-corrected chi connectivity index (χ4v) is 3.21. The molecule has 144 valence electrons. The van der Waals surface area contributed by atoms with Crippen LogP contribution in [0, 0.1) is 0 Å². The molecule has 1 heterocycles. The first kappa shape index (κ1) is 19.9. The molecule has 0 aliphatic carbocycles. The van der Waals surface area contributed by atoms with Crippen molar-refractivity contribution in [3.05, 3.63) is 82.6 Å². The molecule has 0 fully saturated rings. The second kappa shape index (κ2) is 10.4. The van der Waals surface area contributed by atoms with E-state index in [0.717, 1.165) is 10.6 Å². The van der Waals surface area contributed by atoms with Crippen molar-refractivity contribution < 1.29 is 14.3 Å². The number of hydrogen-bond acceptors (Lipinski definition) is 5. The molecular formula is C21H20N2O3S2. The van der Waals surface area contributed by atoms with Gasteiger partial charge in [-0.25, -0.2) is 0 Å². The molecule has 0 bridgehead atoms. The quantitative estimate of drug-likeness (QED) is 0.432. The zero-order valence-corrected chi connectivity index (χ0v) is 16.7. The van der Waals surface area contributed by atoms with Crippen molar-refractivity contribution in [3.8, 4) is 11.5 Å². The van der Waals surface area contributed by atoms with Crippen LogP contribution >= 0.6 is 23.6 Å². The highest BCUT2D eigenvalue weighted by molar-refractivity contribution is 7.80. The number of thiocarbonyl (C=S) groups is 1. The Bertz CT molecular complexity index is 899. The normalized spacial score (nSPS) is 10.1. The molecule has 3 aromatic rings. The van der Waals surface area contributed by atoms with Gasteiger partial charge >= 0.3 is 0 Å². The minimum Gasteiger partial charge on any atom is -0.490 e. The highest BCUT2D eigenvalue weighted by Crippen LogP contribution is 2.18. The van der Waals surface area contributed by atoms with E-state index in [4.69, 9.17) is 21.7 Å². The summed E-state index contributed by atoms with van der Waals surface area (Å²) in [4.78, 5) is 13.7. The summed E-state index contributed by atoms with van der Waals surface area (Å²) in [5, 5.41) is 7.99. The lowest BCUT2D eigenvalue weighted by Gasteiger charge is -2.13. The SMILES string of the molecule is O=C(NC(=S)NCc1cccs1)c1ccccc1OCCOc1ccccc1. The van der Waals surface area contributed by atoms with Gasteiger partial charge in [0.2, 0.25) is 0 Å². The molecule has 28 heavy (non-hydrogen) atoms. The maximum Gasteiger partial charge on any atom is 0.261 e. The molecule has 2 N–H and O–H groups in total. The maximum atomic E-state index is 12.5. The number of nitrogens with one attached hydrogen (secondary N) is 2. The van der Waals surface area contributed by atoms with Gasteiger partial charge in [0.25, 0.3) is 5.91 Å². The molecule has 2 aromatic carbocycles. The van der Waals surface area contributed by atoms with Crippen LogP contribution in [0.2, 0.25) is 0 Å². The van der Waals surface area contributed by atoms with Crippen molar-refractivity contribution in [2.45, 2.75) is 6.54 Å². The minimum absolute atomic E-state index is 0.278. The molecule has 5 nitrogen and oxygen atoms in total. The average Bonchev–Trinajstić information content (AvgIpc) is 3.24. The molecule has 0 saturated carbocycles. The maximum absolute atomic E-state index is 12.5. The Labute approximate surface area is 173 Å². The van der Waals surface area contributed by atoms with Gasteiger partial charge in [-0.05, 0) is 47.9 Å². The number of thiophene rings is 1. The summed E-state index contributed by atoms with van der Waals surface area (Å²) < 4.78 is 11.3. The van der Waals surface area contributed by atoms with Crippen molar-refractivity contribution in [1.82, 2.24) is 10.6 Å². The fourth-order valence-electron chi connectivity index (χ4n) is 2.40. The first-order chi connectivity index (χ1) is 13.7. The molecule has 3 rings (SSSR count). The van der Waals surface area contributed by atoms with Crippen molar-refractivity contribution in [2.24, 2.45) is 0 Å². The summed E-state index contributed by atoms with van der Waals surface area (Å²) in [6.45, 7) is 1.27. The summed E-state index contributed by atoms with van der Waals surface area (Å²) in [6.07, 6.45) is 0. The number of carbonyl (C=O) groups excluding carboxylic acids is 1. The predicted molar refractivity (Wildman–Crippen MR) is 115 cm³/mol. The van der Waals surface area contributed by atoms with Crippen LogP contribution in [0.4, 0.5) is 0 Å². The van der Waals surface area contributed by atoms with Crippen molar-refractivity contribution in [2.75, 3.05) is 13.2 Å². The minimum atomic E-state index is -0.316. The Morgan fingerprint density at radius 3 is 2.46 bits per heavy atom. The van der Waals surface area contributed by atoms with E-state index in [9.17, 15) is 4.79 Å². The molecular weight excluding hydrogens is 392 g/mol. The Hall–Kier alpha value is -2.90. The summed E-state index contributed by atoms with van der Waals surface area (Å²) in [5.74, 6) is 0.945. The van der Waals surface area contributed by atoms with Gasteiger partial charge in [-0.1, -0.05) is 36.4 Å². The standard InChI is InChI=1S/C21H20N2O3S2/c24-20(23-21(27)22-15-17-9-6-14-28-17)18-10-4-5-11-19(18)26-13-12-25-16-7-2-1-3-8-16/h1-11,14H,12-13,15H2,(H2,22,23,24,27). The number of benzene rings is 2. The van der Waals surface area contributed by atoms with Gasteiger partial charge in [-0.3, -0.25) is 10.1 Å². The largest absolute Gasteiger partial charge is 0.490 e. The molecule has 1 amide bonds. The molecule has 7 heteroatoms. The number of para-hydroxylation sites is 2. The Kier molecular flexibility index (Phi) is 7.40. The van der Waals surface area contributed by atoms with Gasteiger partial charge in [-0.15, -0.1) is 11.3 Å². The van der Waals surface area contributed by atoms with Gasteiger partial charge in [0.1, 0.15) is 24.7 Å². The van der Waals surface area contributed by atoms with Crippen molar-refractivity contribution in [1.29, 1.82) is 0 Å². The van der Waals surface area contributed by atoms with Crippen LogP contribution in [0.3, 0.4) is 0 Å². The van der Waals surface area contributed by atoms with Crippen LogP contribution in [-0.2, 0) is 6.54 Å². The smallest absolute Gasteiger partial charge is 0.261 e. The van der Waals surface area contributed by atoms with Gasteiger partial charge in [-0.2, -0.15) is 0 Å². The lowest BCUT2D eigenvalue weighted by atomic mass is 10.2. The zero-order chi connectivity index (χ0) is 19.6. The number of rotatable bonds is 8. The highest BCUT2D eigenvalue weighted by atomic mass is 32.1. The van der Waals surface area contributed by atoms with E-state index in [1.807, 2.05) is 53.9 Å². The Balaban J connectivity index is 1.49. The fraction of sp³-hybridized carbons (Fsp3) is 0.143. The van der Waals surface area contributed by atoms with Crippen molar-refractivity contribution in [3.63, 3.8) is 0 Å².